The van der Waals surface area contributed by atoms with Crippen LogP contribution in [-0.4, -0.2) is 19.1 Å². The summed E-state index contributed by atoms with van der Waals surface area (Å²) >= 11 is 0. The molecule has 4 heteroatoms. The predicted molar refractivity (Wildman–Crippen MR) is 88.9 cm³/mol. The Kier molecular flexibility index (Phi) is 4.60. The van der Waals surface area contributed by atoms with E-state index in [9.17, 15) is 9.18 Å². The minimum absolute atomic E-state index is 0.121. The fourth-order valence-electron chi connectivity index (χ4n) is 2.79. The highest BCUT2D eigenvalue weighted by molar-refractivity contribution is 5.74. The molecule has 3 rings (SSSR count). The summed E-state index contributed by atoms with van der Waals surface area (Å²) < 4.78 is 12.8. The summed E-state index contributed by atoms with van der Waals surface area (Å²) in [6.45, 7) is 1.20. The molecule has 0 radical (unpaired) electrons. The van der Waals surface area contributed by atoms with Gasteiger partial charge in [-0.05, 0) is 42.5 Å². The monoisotopic (exact) mass is 312 g/mol. The topological polar surface area (TPSA) is 41.1 Å². The van der Waals surface area contributed by atoms with Gasteiger partial charge in [-0.25, -0.2) is 9.18 Å². The first-order chi connectivity index (χ1) is 11.2. The second kappa shape index (κ2) is 6.82. The molecule has 0 aromatic heterocycles. The van der Waals surface area contributed by atoms with Crippen molar-refractivity contribution >= 4 is 6.03 Å². The molecule has 1 aliphatic rings. The summed E-state index contributed by atoms with van der Waals surface area (Å²) in [4.78, 5) is 11.9. The van der Waals surface area contributed by atoms with E-state index in [2.05, 4.69) is 22.8 Å². The van der Waals surface area contributed by atoms with E-state index < -0.39 is 0 Å². The average molecular weight is 312 g/mol. The van der Waals surface area contributed by atoms with Crippen molar-refractivity contribution in [1.82, 2.24) is 10.6 Å². The lowest BCUT2D eigenvalue weighted by molar-refractivity contribution is 0.240. The second-order valence-electron chi connectivity index (χ2n) is 6.13. The zero-order valence-electron chi connectivity index (χ0n) is 13.0. The number of carbonyl (C=O) groups excluding carboxylic acids is 1. The number of amides is 2. The maximum absolute atomic E-state index is 12.8. The lowest BCUT2D eigenvalue weighted by atomic mass is 9.96. The minimum Gasteiger partial charge on any atom is -0.338 e. The Morgan fingerprint density at radius 3 is 2.35 bits per heavy atom. The Hall–Kier alpha value is -2.36. The SMILES string of the molecule is O=C(NCCc1ccc(F)cc1)NCC1(c2ccccc2)CC1. The molecule has 1 saturated carbocycles. The third-order valence-electron chi connectivity index (χ3n) is 4.44. The van der Waals surface area contributed by atoms with Crippen LogP contribution < -0.4 is 10.6 Å². The minimum atomic E-state index is -0.241. The van der Waals surface area contributed by atoms with Gasteiger partial charge in [-0.15, -0.1) is 0 Å². The Morgan fingerprint density at radius 2 is 1.70 bits per heavy atom. The highest BCUT2D eigenvalue weighted by Crippen LogP contribution is 2.47. The summed E-state index contributed by atoms with van der Waals surface area (Å²) in [5.41, 5.74) is 2.43. The quantitative estimate of drug-likeness (QED) is 0.843. The van der Waals surface area contributed by atoms with Gasteiger partial charge in [0.1, 0.15) is 5.82 Å². The number of urea groups is 1. The third-order valence-corrected chi connectivity index (χ3v) is 4.44. The average Bonchev–Trinajstić information content (AvgIpc) is 3.37. The van der Waals surface area contributed by atoms with Crippen molar-refractivity contribution in [3.63, 3.8) is 0 Å². The molecule has 0 heterocycles. The highest BCUT2D eigenvalue weighted by atomic mass is 19.1. The molecule has 120 valence electrons. The van der Waals surface area contributed by atoms with Crippen LogP contribution in [0.3, 0.4) is 0 Å². The van der Waals surface area contributed by atoms with Crippen LogP contribution in [0.1, 0.15) is 24.0 Å². The molecule has 2 aromatic carbocycles. The lowest BCUT2D eigenvalue weighted by Crippen LogP contribution is -2.40. The van der Waals surface area contributed by atoms with E-state index in [4.69, 9.17) is 0 Å². The van der Waals surface area contributed by atoms with Crippen molar-refractivity contribution < 1.29 is 9.18 Å². The van der Waals surface area contributed by atoms with Gasteiger partial charge in [0.25, 0.3) is 0 Å². The normalized spacial score (nSPS) is 15.0. The number of hydrogen-bond donors (Lipinski definition) is 2. The van der Waals surface area contributed by atoms with Gasteiger partial charge in [0.2, 0.25) is 0 Å². The molecule has 2 amide bonds. The zero-order valence-corrected chi connectivity index (χ0v) is 13.0. The molecule has 0 spiro atoms. The Morgan fingerprint density at radius 1 is 1.00 bits per heavy atom. The summed E-state index contributed by atoms with van der Waals surface area (Å²) in [5, 5.41) is 5.82. The van der Waals surface area contributed by atoms with Gasteiger partial charge >= 0.3 is 6.03 Å². The number of halogens is 1. The maximum atomic E-state index is 12.8. The molecule has 23 heavy (non-hydrogen) atoms. The molecule has 0 saturated heterocycles. The molecule has 0 atom stereocenters. The smallest absolute Gasteiger partial charge is 0.314 e. The molecule has 2 aromatic rings. The molecule has 3 nitrogen and oxygen atoms in total. The summed E-state index contributed by atoms with van der Waals surface area (Å²) in [6, 6.07) is 16.5. The van der Waals surface area contributed by atoms with E-state index >= 15 is 0 Å². The van der Waals surface area contributed by atoms with Gasteiger partial charge in [0.15, 0.2) is 0 Å². The van der Waals surface area contributed by atoms with Crippen molar-refractivity contribution in [3.05, 3.63) is 71.5 Å². The van der Waals surface area contributed by atoms with Crippen LogP contribution in [0.25, 0.3) is 0 Å². The second-order valence-corrected chi connectivity index (χ2v) is 6.13. The van der Waals surface area contributed by atoms with E-state index in [1.807, 2.05) is 18.2 Å². The van der Waals surface area contributed by atoms with Crippen molar-refractivity contribution in [2.24, 2.45) is 0 Å². The van der Waals surface area contributed by atoms with Crippen LogP contribution in [0.5, 0.6) is 0 Å². The number of rotatable bonds is 6. The van der Waals surface area contributed by atoms with Gasteiger partial charge in [-0.1, -0.05) is 42.5 Å². The van der Waals surface area contributed by atoms with Gasteiger partial charge in [0, 0.05) is 18.5 Å². The maximum Gasteiger partial charge on any atom is 0.314 e. The van der Waals surface area contributed by atoms with Crippen molar-refractivity contribution in [2.75, 3.05) is 13.1 Å². The Balaban J connectivity index is 1.41. The van der Waals surface area contributed by atoms with Crippen molar-refractivity contribution in [3.8, 4) is 0 Å². The Bertz CT molecular complexity index is 651. The summed E-state index contributed by atoms with van der Waals surface area (Å²) in [6.07, 6.45) is 2.93. The molecule has 1 aliphatic carbocycles. The number of benzene rings is 2. The molecule has 1 fully saturated rings. The van der Waals surface area contributed by atoms with E-state index in [0.717, 1.165) is 18.4 Å². The number of nitrogens with one attached hydrogen (secondary N) is 2. The van der Waals surface area contributed by atoms with Crippen LogP contribution in [-0.2, 0) is 11.8 Å². The standard InChI is InChI=1S/C19H21FN2O/c20-17-8-6-15(7-9-17)10-13-21-18(23)22-14-19(11-12-19)16-4-2-1-3-5-16/h1-9H,10-14H2,(H2,21,22,23). The van der Waals surface area contributed by atoms with E-state index in [0.29, 0.717) is 19.5 Å². The number of carbonyl (C=O) groups is 1. The molecule has 0 aliphatic heterocycles. The fraction of sp³-hybridized carbons (Fsp3) is 0.316. The highest BCUT2D eigenvalue weighted by Gasteiger charge is 2.44. The summed E-state index contributed by atoms with van der Waals surface area (Å²) in [5.74, 6) is -0.241. The first kappa shape index (κ1) is 15.5. The fourth-order valence-corrected chi connectivity index (χ4v) is 2.79. The number of hydrogen-bond acceptors (Lipinski definition) is 1. The Labute approximate surface area is 135 Å². The third kappa shape index (κ3) is 4.09. The lowest BCUT2D eigenvalue weighted by Gasteiger charge is -2.17. The van der Waals surface area contributed by atoms with E-state index in [1.54, 1.807) is 12.1 Å². The van der Waals surface area contributed by atoms with Crippen LogP contribution in [0.2, 0.25) is 0 Å². The van der Waals surface area contributed by atoms with Crippen LogP contribution >= 0.6 is 0 Å². The van der Waals surface area contributed by atoms with Gasteiger partial charge in [-0.2, -0.15) is 0 Å². The van der Waals surface area contributed by atoms with Crippen LogP contribution in [0.4, 0.5) is 9.18 Å². The van der Waals surface area contributed by atoms with Crippen LogP contribution in [0, 0.1) is 5.82 Å². The van der Waals surface area contributed by atoms with Gasteiger partial charge in [-0.3, -0.25) is 0 Å². The first-order valence-corrected chi connectivity index (χ1v) is 8.00. The molecule has 0 bridgehead atoms. The zero-order chi connectivity index (χ0) is 16.1. The predicted octanol–water partition coefficient (Wildman–Crippen LogP) is 3.40. The summed E-state index contributed by atoms with van der Waals surface area (Å²) in [7, 11) is 0. The molecular weight excluding hydrogens is 291 g/mol. The van der Waals surface area contributed by atoms with E-state index in [-0.39, 0.29) is 17.3 Å². The van der Waals surface area contributed by atoms with Gasteiger partial charge < -0.3 is 10.6 Å². The van der Waals surface area contributed by atoms with Crippen LogP contribution in [0.15, 0.2) is 54.6 Å². The van der Waals surface area contributed by atoms with Gasteiger partial charge in [0.05, 0.1) is 0 Å². The largest absolute Gasteiger partial charge is 0.338 e. The first-order valence-electron chi connectivity index (χ1n) is 8.00. The molecular formula is C19H21FN2O. The van der Waals surface area contributed by atoms with Crippen molar-refractivity contribution in [1.29, 1.82) is 0 Å². The molecule has 2 N–H and O–H groups in total. The molecule has 0 unspecified atom stereocenters. The van der Waals surface area contributed by atoms with Crippen molar-refractivity contribution in [2.45, 2.75) is 24.7 Å². The van der Waals surface area contributed by atoms with E-state index in [1.165, 1.54) is 17.7 Å².